The van der Waals surface area contributed by atoms with Gasteiger partial charge in [0.05, 0.1) is 6.04 Å². The molecule has 1 aromatic heterocycles. The molecule has 5 nitrogen and oxygen atoms in total. The van der Waals surface area contributed by atoms with E-state index in [4.69, 9.17) is 0 Å². The number of aryl methyl sites for hydroxylation is 2. The molecule has 19 heavy (non-hydrogen) atoms. The number of hydrogen-bond acceptors (Lipinski definition) is 3. The molecular formula is C14H18N4O. The number of rotatable bonds is 5. The number of aromatic nitrogens is 3. The van der Waals surface area contributed by atoms with Gasteiger partial charge in [0.2, 0.25) is 5.91 Å². The van der Waals surface area contributed by atoms with Gasteiger partial charge in [0.15, 0.2) is 5.82 Å². The SMILES string of the molecule is CC(=O)N[C@@H](C)c1n[nH]c(CCc2ccccc2)n1. The highest BCUT2D eigenvalue weighted by molar-refractivity contribution is 5.73. The van der Waals surface area contributed by atoms with Gasteiger partial charge in [0.25, 0.3) is 0 Å². The molecule has 2 N–H and O–H groups in total. The van der Waals surface area contributed by atoms with Crippen molar-refractivity contribution >= 4 is 5.91 Å². The van der Waals surface area contributed by atoms with E-state index in [9.17, 15) is 4.79 Å². The first-order valence-electron chi connectivity index (χ1n) is 6.37. The van der Waals surface area contributed by atoms with Gasteiger partial charge in [-0.1, -0.05) is 30.3 Å². The topological polar surface area (TPSA) is 70.7 Å². The molecule has 0 fully saturated rings. The average molecular weight is 258 g/mol. The van der Waals surface area contributed by atoms with Crippen molar-refractivity contribution in [2.45, 2.75) is 32.7 Å². The highest BCUT2D eigenvalue weighted by Crippen LogP contribution is 2.08. The van der Waals surface area contributed by atoms with Crippen molar-refractivity contribution in [1.29, 1.82) is 0 Å². The zero-order valence-electron chi connectivity index (χ0n) is 11.2. The van der Waals surface area contributed by atoms with Gasteiger partial charge in [-0.25, -0.2) is 4.98 Å². The quantitative estimate of drug-likeness (QED) is 0.859. The van der Waals surface area contributed by atoms with Gasteiger partial charge in [-0.15, -0.1) is 0 Å². The number of nitrogens with zero attached hydrogens (tertiary/aromatic N) is 2. The molecule has 5 heteroatoms. The minimum atomic E-state index is -0.167. The number of aromatic amines is 1. The van der Waals surface area contributed by atoms with E-state index in [1.54, 1.807) is 0 Å². The maximum absolute atomic E-state index is 11.0. The molecule has 1 amide bonds. The van der Waals surface area contributed by atoms with Crippen LogP contribution in [0, 0.1) is 0 Å². The summed E-state index contributed by atoms with van der Waals surface area (Å²) in [7, 11) is 0. The van der Waals surface area contributed by atoms with E-state index in [1.165, 1.54) is 12.5 Å². The molecule has 0 aliphatic rings. The third-order valence-corrected chi connectivity index (χ3v) is 2.85. The molecule has 100 valence electrons. The first-order chi connectivity index (χ1) is 9.15. The molecule has 2 aromatic rings. The number of nitrogens with one attached hydrogen (secondary N) is 2. The lowest BCUT2D eigenvalue weighted by atomic mass is 10.1. The fourth-order valence-corrected chi connectivity index (χ4v) is 1.89. The molecule has 2 rings (SSSR count). The van der Waals surface area contributed by atoms with Crippen LogP contribution in [0.5, 0.6) is 0 Å². The number of carbonyl (C=O) groups is 1. The Morgan fingerprint density at radius 3 is 2.74 bits per heavy atom. The molecule has 0 spiro atoms. The summed E-state index contributed by atoms with van der Waals surface area (Å²) in [5.74, 6) is 1.39. The molecule has 1 heterocycles. The van der Waals surface area contributed by atoms with Crippen molar-refractivity contribution in [2.24, 2.45) is 0 Å². The van der Waals surface area contributed by atoms with Crippen molar-refractivity contribution in [3.8, 4) is 0 Å². The van der Waals surface area contributed by atoms with Crippen molar-refractivity contribution in [2.75, 3.05) is 0 Å². The standard InChI is InChI=1S/C14H18N4O/c1-10(15-11(2)19)14-16-13(17-18-14)9-8-12-6-4-3-5-7-12/h3-7,10H,8-9H2,1-2H3,(H,15,19)(H,16,17,18)/t10-/m0/s1. The number of benzene rings is 1. The first-order valence-corrected chi connectivity index (χ1v) is 6.37. The fraction of sp³-hybridized carbons (Fsp3) is 0.357. The molecular weight excluding hydrogens is 240 g/mol. The lowest BCUT2D eigenvalue weighted by Crippen LogP contribution is -2.24. The van der Waals surface area contributed by atoms with Gasteiger partial charge < -0.3 is 5.32 Å². The van der Waals surface area contributed by atoms with Gasteiger partial charge in [0.1, 0.15) is 5.82 Å². The predicted octanol–water partition coefficient (Wildman–Crippen LogP) is 1.79. The Labute approximate surface area is 112 Å². The zero-order chi connectivity index (χ0) is 13.7. The van der Waals surface area contributed by atoms with Gasteiger partial charge in [0, 0.05) is 13.3 Å². The van der Waals surface area contributed by atoms with Crippen LogP contribution in [-0.2, 0) is 17.6 Å². The lowest BCUT2D eigenvalue weighted by Gasteiger charge is -2.06. The van der Waals surface area contributed by atoms with Crippen LogP contribution in [0.25, 0.3) is 0 Å². The maximum Gasteiger partial charge on any atom is 0.217 e. The summed E-state index contributed by atoms with van der Waals surface area (Å²) in [6, 6.07) is 10.1. The van der Waals surface area contributed by atoms with Gasteiger partial charge >= 0.3 is 0 Å². The van der Waals surface area contributed by atoms with Crippen molar-refractivity contribution in [3.05, 3.63) is 47.5 Å². The van der Waals surface area contributed by atoms with Crippen molar-refractivity contribution in [1.82, 2.24) is 20.5 Å². The Kier molecular flexibility index (Phi) is 4.28. The lowest BCUT2D eigenvalue weighted by molar-refractivity contribution is -0.119. The van der Waals surface area contributed by atoms with E-state index in [0.29, 0.717) is 5.82 Å². The molecule has 0 saturated heterocycles. The zero-order valence-corrected chi connectivity index (χ0v) is 11.2. The smallest absolute Gasteiger partial charge is 0.217 e. The second-order valence-electron chi connectivity index (χ2n) is 4.55. The number of carbonyl (C=O) groups excluding carboxylic acids is 1. The summed E-state index contributed by atoms with van der Waals surface area (Å²) >= 11 is 0. The summed E-state index contributed by atoms with van der Waals surface area (Å²) in [6.07, 6.45) is 1.73. The largest absolute Gasteiger partial charge is 0.347 e. The van der Waals surface area contributed by atoms with E-state index in [0.717, 1.165) is 18.7 Å². The molecule has 0 radical (unpaired) electrons. The fourth-order valence-electron chi connectivity index (χ4n) is 1.89. The van der Waals surface area contributed by atoms with E-state index >= 15 is 0 Å². The van der Waals surface area contributed by atoms with Gasteiger partial charge in [-0.2, -0.15) is 5.10 Å². The summed E-state index contributed by atoms with van der Waals surface area (Å²) in [4.78, 5) is 15.4. The minimum Gasteiger partial charge on any atom is -0.347 e. The van der Waals surface area contributed by atoms with Crippen LogP contribution in [0.2, 0.25) is 0 Å². The third-order valence-electron chi connectivity index (χ3n) is 2.85. The van der Waals surface area contributed by atoms with Crippen LogP contribution >= 0.6 is 0 Å². The minimum absolute atomic E-state index is 0.0804. The maximum atomic E-state index is 11.0. The number of hydrogen-bond donors (Lipinski definition) is 2. The highest BCUT2D eigenvalue weighted by atomic mass is 16.1. The number of H-pyrrole nitrogens is 1. The van der Waals surface area contributed by atoms with E-state index in [-0.39, 0.29) is 11.9 Å². The molecule has 0 unspecified atom stereocenters. The van der Waals surface area contributed by atoms with Crippen LogP contribution in [0.4, 0.5) is 0 Å². The van der Waals surface area contributed by atoms with Crippen molar-refractivity contribution in [3.63, 3.8) is 0 Å². The van der Waals surface area contributed by atoms with E-state index < -0.39 is 0 Å². The summed E-state index contributed by atoms with van der Waals surface area (Å²) in [6.45, 7) is 3.35. The third kappa shape index (κ3) is 3.91. The molecule has 1 atom stereocenters. The van der Waals surface area contributed by atoms with Gasteiger partial charge in [-0.3, -0.25) is 9.89 Å². The van der Waals surface area contributed by atoms with Crippen LogP contribution in [0.1, 0.15) is 37.1 Å². The molecule has 0 saturated carbocycles. The second kappa shape index (κ2) is 6.13. The molecule has 1 aromatic carbocycles. The molecule has 0 bridgehead atoms. The first kappa shape index (κ1) is 13.3. The van der Waals surface area contributed by atoms with E-state index in [1.807, 2.05) is 25.1 Å². The Bertz CT molecular complexity index is 535. The number of amides is 1. The summed E-state index contributed by atoms with van der Waals surface area (Å²) < 4.78 is 0. The Morgan fingerprint density at radius 2 is 2.05 bits per heavy atom. The second-order valence-corrected chi connectivity index (χ2v) is 4.55. The summed E-state index contributed by atoms with van der Waals surface area (Å²) in [5, 5.41) is 9.81. The summed E-state index contributed by atoms with van der Waals surface area (Å²) in [5.41, 5.74) is 1.27. The molecule has 0 aliphatic carbocycles. The Balaban J connectivity index is 1.92. The van der Waals surface area contributed by atoms with Crippen LogP contribution in [0.15, 0.2) is 30.3 Å². The van der Waals surface area contributed by atoms with Crippen LogP contribution in [0.3, 0.4) is 0 Å². The Morgan fingerprint density at radius 1 is 1.32 bits per heavy atom. The van der Waals surface area contributed by atoms with Crippen molar-refractivity contribution < 1.29 is 4.79 Å². The van der Waals surface area contributed by atoms with E-state index in [2.05, 4.69) is 32.6 Å². The molecule has 0 aliphatic heterocycles. The predicted molar refractivity (Wildman–Crippen MR) is 72.5 cm³/mol. The highest BCUT2D eigenvalue weighted by Gasteiger charge is 2.12. The average Bonchev–Trinajstić information content (AvgIpc) is 2.86. The van der Waals surface area contributed by atoms with Crippen LogP contribution < -0.4 is 5.32 Å². The normalized spacial score (nSPS) is 12.1. The van der Waals surface area contributed by atoms with Gasteiger partial charge in [-0.05, 0) is 18.9 Å². The Hall–Kier alpha value is -2.17. The monoisotopic (exact) mass is 258 g/mol. The van der Waals surface area contributed by atoms with Crippen LogP contribution in [-0.4, -0.2) is 21.1 Å².